The van der Waals surface area contributed by atoms with E-state index in [0.717, 1.165) is 38.2 Å². The Morgan fingerprint density at radius 2 is 2.26 bits per heavy atom. The Balaban J connectivity index is 1.65. The quantitative estimate of drug-likeness (QED) is 0.858. The number of aromatic nitrogens is 2. The van der Waals surface area contributed by atoms with Crippen LogP contribution in [0.1, 0.15) is 24.6 Å². The lowest BCUT2D eigenvalue weighted by atomic mass is 10.1. The van der Waals surface area contributed by atoms with Gasteiger partial charge in [-0.05, 0) is 18.9 Å². The molecule has 3 rings (SSSR count). The van der Waals surface area contributed by atoms with Crippen molar-refractivity contribution in [3.05, 3.63) is 18.0 Å². The standard InChI is InChI=1S/C13H20N4O2/c18-13(16-5-1-2-6-16)9-17-7-8-19-10-12(17)11-3-4-14-15-11/h3-4,12H,1-2,5-10H2,(H,14,15)/t12-/m0/s1. The molecule has 1 aromatic heterocycles. The van der Waals surface area contributed by atoms with E-state index in [1.165, 1.54) is 0 Å². The van der Waals surface area contributed by atoms with Crippen LogP contribution < -0.4 is 0 Å². The molecular formula is C13H20N4O2. The molecule has 6 heteroatoms. The van der Waals surface area contributed by atoms with Crippen molar-refractivity contribution in [3.8, 4) is 0 Å². The first kappa shape index (κ1) is 12.6. The molecule has 3 heterocycles. The molecule has 0 aliphatic carbocycles. The van der Waals surface area contributed by atoms with E-state index < -0.39 is 0 Å². The van der Waals surface area contributed by atoms with Crippen molar-refractivity contribution in [2.24, 2.45) is 0 Å². The molecule has 0 bridgehead atoms. The van der Waals surface area contributed by atoms with Crippen LogP contribution >= 0.6 is 0 Å². The Hall–Kier alpha value is -1.40. The number of rotatable bonds is 3. The van der Waals surface area contributed by atoms with Gasteiger partial charge < -0.3 is 9.64 Å². The molecule has 1 amide bonds. The molecule has 0 saturated carbocycles. The third-order valence-corrected chi connectivity index (χ3v) is 3.92. The van der Waals surface area contributed by atoms with Gasteiger partial charge in [-0.15, -0.1) is 0 Å². The molecule has 2 aliphatic rings. The summed E-state index contributed by atoms with van der Waals surface area (Å²) in [5.41, 5.74) is 1.02. The number of hydrogen-bond donors (Lipinski definition) is 1. The molecule has 1 aromatic rings. The second-order valence-electron chi connectivity index (χ2n) is 5.16. The van der Waals surface area contributed by atoms with Crippen molar-refractivity contribution < 1.29 is 9.53 Å². The second kappa shape index (κ2) is 5.71. The molecule has 0 unspecified atom stereocenters. The van der Waals surface area contributed by atoms with Crippen LogP contribution in [-0.2, 0) is 9.53 Å². The second-order valence-corrected chi connectivity index (χ2v) is 5.16. The number of hydrogen-bond acceptors (Lipinski definition) is 4. The Labute approximate surface area is 112 Å². The molecule has 1 N–H and O–H groups in total. The summed E-state index contributed by atoms with van der Waals surface area (Å²) in [5, 5.41) is 6.97. The minimum atomic E-state index is 0.114. The molecule has 19 heavy (non-hydrogen) atoms. The van der Waals surface area contributed by atoms with Gasteiger partial charge in [0, 0.05) is 25.8 Å². The van der Waals surface area contributed by atoms with Gasteiger partial charge in [0.2, 0.25) is 5.91 Å². The summed E-state index contributed by atoms with van der Waals surface area (Å²) in [5.74, 6) is 0.240. The maximum atomic E-state index is 12.2. The summed E-state index contributed by atoms with van der Waals surface area (Å²) in [7, 11) is 0. The highest BCUT2D eigenvalue weighted by Gasteiger charge is 2.29. The van der Waals surface area contributed by atoms with Gasteiger partial charge in [0.1, 0.15) is 0 Å². The fraction of sp³-hybridized carbons (Fsp3) is 0.692. The van der Waals surface area contributed by atoms with Crippen LogP contribution in [0.2, 0.25) is 0 Å². The Kier molecular flexibility index (Phi) is 3.79. The van der Waals surface area contributed by atoms with Crippen molar-refractivity contribution in [1.82, 2.24) is 20.0 Å². The molecular weight excluding hydrogens is 244 g/mol. The van der Waals surface area contributed by atoms with E-state index in [4.69, 9.17) is 4.74 Å². The lowest BCUT2D eigenvalue weighted by Gasteiger charge is -2.35. The molecule has 0 radical (unpaired) electrons. The number of likely N-dealkylation sites (tertiary alicyclic amines) is 1. The van der Waals surface area contributed by atoms with Crippen LogP contribution in [0.25, 0.3) is 0 Å². The van der Waals surface area contributed by atoms with Crippen LogP contribution in [-0.4, -0.2) is 65.3 Å². The molecule has 0 spiro atoms. The summed E-state index contributed by atoms with van der Waals surface area (Å²) in [6.07, 6.45) is 4.02. The van der Waals surface area contributed by atoms with Crippen molar-refractivity contribution in [2.75, 3.05) is 39.4 Å². The van der Waals surface area contributed by atoms with Crippen molar-refractivity contribution >= 4 is 5.91 Å². The third kappa shape index (κ3) is 2.79. The zero-order valence-electron chi connectivity index (χ0n) is 11.0. The summed E-state index contributed by atoms with van der Waals surface area (Å²) in [6, 6.07) is 2.06. The highest BCUT2D eigenvalue weighted by Crippen LogP contribution is 2.22. The van der Waals surface area contributed by atoms with Gasteiger partial charge >= 0.3 is 0 Å². The lowest BCUT2D eigenvalue weighted by molar-refractivity contribution is -0.133. The van der Waals surface area contributed by atoms with Gasteiger partial charge in [0.25, 0.3) is 0 Å². The third-order valence-electron chi connectivity index (χ3n) is 3.92. The maximum absolute atomic E-state index is 12.2. The van der Waals surface area contributed by atoms with Crippen LogP contribution in [0.15, 0.2) is 12.3 Å². The number of nitrogens with one attached hydrogen (secondary N) is 1. The molecule has 2 fully saturated rings. The zero-order chi connectivity index (χ0) is 13.1. The van der Waals surface area contributed by atoms with Gasteiger partial charge in [-0.2, -0.15) is 5.10 Å². The molecule has 1 atom stereocenters. The van der Waals surface area contributed by atoms with E-state index in [1.807, 2.05) is 11.0 Å². The van der Waals surface area contributed by atoms with Crippen molar-refractivity contribution in [3.63, 3.8) is 0 Å². The molecule has 2 aliphatic heterocycles. The number of morpholine rings is 1. The Morgan fingerprint density at radius 3 is 3.00 bits per heavy atom. The van der Waals surface area contributed by atoms with Gasteiger partial charge in [0.05, 0.1) is 31.5 Å². The number of carbonyl (C=O) groups excluding carboxylic acids is 1. The summed E-state index contributed by atoms with van der Waals surface area (Å²) < 4.78 is 5.53. The monoisotopic (exact) mass is 264 g/mol. The first-order valence-electron chi connectivity index (χ1n) is 6.93. The number of ether oxygens (including phenoxy) is 1. The van der Waals surface area contributed by atoms with Gasteiger partial charge in [-0.25, -0.2) is 0 Å². The predicted octanol–water partition coefficient (Wildman–Crippen LogP) is 0.405. The van der Waals surface area contributed by atoms with Crippen LogP contribution in [0.4, 0.5) is 0 Å². The predicted molar refractivity (Wildman–Crippen MR) is 69.5 cm³/mol. The maximum Gasteiger partial charge on any atom is 0.236 e. The fourth-order valence-corrected chi connectivity index (χ4v) is 2.81. The highest BCUT2D eigenvalue weighted by molar-refractivity contribution is 5.78. The number of aromatic amines is 1. The first-order chi connectivity index (χ1) is 9.34. The SMILES string of the molecule is O=C(CN1CCOC[C@H]1c1ccn[nH]1)N1CCCC1. The number of amides is 1. The normalized spacial score (nSPS) is 24.8. The van der Waals surface area contributed by atoms with E-state index in [9.17, 15) is 4.79 Å². The van der Waals surface area contributed by atoms with Gasteiger partial charge in [-0.1, -0.05) is 0 Å². The van der Waals surface area contributed by atoms with Crippen molar-refractivity contribution in [2.45, 2.75) is 18.9 Å². The van der Waals surface area contributed by atoms with Gasteiger partial charge in [-0.3, -0.25) is 14.8 Å². The van der Waals surface area contributed by atoms with E-state index in [0.29, 0.717) is 19.8 Å². The number of carbonyl (C=O) groups is 1. The topological polar surface area (TPSA) is 61.5 Å². The van der Waals surface area contributed by atoms with E-state index in [-0.39, 0.29) is 11.9 Å². The Bertz CT molecular complexity index is 414. The average molecular weight is 264 g/mol. The fourth-order valence-electron chi connectivity index (χ4n) is 2.81. The molecule has 2 saturated heterocycles. The summed E-state index contributed by atoms with van der Waals surface area (Å²) in [6.45, 7) is 4.42. The average Bonchev–Trinajstić information content (AvgIpc) is 3.13. The summed E-state index contributed by atoms with van der Waals surface area (Å²) in [4.78, 5) is 16.4. The van der Waals surface area contributed by atoms with E-state index in [1.54, 1.807) is 6.20 Å². The largest absolute Gasteiger partial charge is 0.378 e. The van der Waals surface area contributed by atoms with E-state index >= 15 is 0 Å². The Morgan fingerprint density at radius 1 is 1.42 bits per heavy atom. The molecule has 104 valence electrons. The minimum absolute atomic E-state index is 0.114. The van der Waals surface area contributed by atoms with Gasteiger partial charge in [0.15, 0.2) is 0 Å². The number of nitrogens with zero attached hydrogens (tertiary/aromatic N) is 3. The lowest BCUT2D eigenvalue weighted by Crippen LogP contribution is -2.46. The highest BCUT2D eigenvalue weighted by atomic mass is 16.5. The minimum Gasteiger partial charge on any atom is -0.378 e. The van der Waals surface area contributed by atoms with Crippen LogP contribution in [0.3, 0.4) is 0 Å². The summed E-state index contributed by atoms with van der Waals surface area (Å²) >= 11 is 0. The van der Waals surface area contributed by atoms with E-state index in [2.05, 4.69) is 15.1 Å². The van der Waals surface area contributed by atoms with Crippen LogP contribution in [0.5, 0.6) is 0 Å². The van der Waals surface area contributed by atoms with Crippen molar-refractivity contribution in [1.29, 1.82) is 0 Å². The van der Waals surface area contributed by atoms with Crippen LogP contribution in [0, 0.1) is 0 Å². The zero-order valence-corrected chi connectivity index (χ0v) is 11.0. The molecule has 0 aromatic carbocycles. The number of H-pyrrole nitrogens is 1. The molecule has 6 nitrogen and oxygen atoms in total. The smallest absolute Gasteiger partial charge is 0.236 e. The first-order valence-corrected chi connectivity index (χ1v) is 6.93.